The van der Waals surface area contributed by atoms with E-state index in [1.165, 1.54) is 24.8 Å². The number of anilines is 2. The third-order valence-corrected chi connectivity index (χ3v) is 6.95. The van der Waals surface area contributed by atoms with Crippen LogP contribution in [-0.2, 0) is 12.0 Å². The molecule has 1 aliphatic rings. The first-order chi connectivity index (χ1) is 19.6. The summed E-state index contributed by atoms with van der Waals surface area (Å²) in [6.07, 6.45) is 6.09. The van der Waals surface area contributed by atoms with E-state index in [2.05, 4.69) is 57.1 Å². The zero-order valence-electron chi connectivity index (χ0n) is 25.6. The molecule has 10 heteroatoms. The van der Waals surface area contributed by atoms with Crippen LogP contribution in [-0.4, -0.2) is 61.3 Å². The summed E-state index contributed by atoms with van der Waals surface area (Å²) in [6, 6.07) is 11.2. The Hall–Kier alpha value is -3.34. The fraction of sp³-hybridized carbons (Fsp3) is 0.452. The lowest BCUT2D eigenvalue weighted by molar-refractivity contribution is 0.102. The minimum Gasteiger partial charge on any atom is -0.492 e. The first-order valence-electron chi connectivity index (χ1n) is 13.8. The lowest BCUT2D eigenvalue weighted by Gasteiger charge is -2.24. The number of nitrogens with one attached hydrogen (secondary N) is 3. The molecule has 41 heavy (non-hydrogen) atoms. The van der Waals surface area contributed by atoms with Gasteiger partial charge < -0.3 is 24.8 Å². The Morgan fingerprint density at radius 1 is 1.07 bits per heavy atom. The number of ether oxygens (including phenoxy) is 2. The molecule has 1 aromatic heterocycles. The van der Waals surface area contributed by atoms with Gasteiger partial charge in [-0.25, -0.2) is 4.98 Å². The number of benzene rings is 2. The highest BCUT2D eigenvalue weighted by atomic mass is 32.2. The molecule has 2 aromatic carbocycles. The van der Waals surface area contributed by atoms with Crippen molar-refractivity contribution in [1.29, 1.82) is 0 Å². The topological polar surface area (TPSA) is 101 Å². The van der Waals surface area contributed by atoms with Gasteiger partial charge in [-0.05, 0) is 87.8 Å². The van der Waals surface area contributed by atoms with Crippen molar-refractivity contribution in [1.82, 2.24) is 20.2 Å². The number of hydrogen-bond donors (Lipinski definition) is 3. The standard InChI is InChI=1S/C29H37N5O3S.C2H7N/c1-19-9-10-20(15-24(19)37-26-11-12-30-25(32-26)18-34-13-7-8-14-34)28(35)31-22-16-21(29(2,3)4)17-23(33-38-6)27(22)36-5;1-3-2/h9-12,15-17,33H,7-8,13-14,18H2,1-6H3,(H,31,35);3H,1-2H3. The van der Waals surface area contributed by atoms with Crippen molar-refractivity contribution in [3.8, 4) is 17.4 Å². The number of nitrogens with zero attached hydrogens (tertiary/aromatic N) is 3. The predicted molar refractivity (Wildman–Crippen MR) is 170 cm³/mol. The molecule has 1 saturated heterocycles. The molecule has 0 atom stereocenters. The van der Waals surface area contributed by atoms with Crippen molar-refractivity contribution in [2.45, 2.75) is 52.5 Å². The van der Waals surface area contributed by atoms with Gasteiger partial charge in [0, 0.05) is 24.1 Å². The van der Waals surface area contributed by atoms with Gasteiger partial charge in [0.25, 0.3) is 5.91 Å². The summed E-state index contributed by atoms with van der Waals surface area (Å²) in [4.78, 5) is 24.7. The van der Waals surface area contributed by atoms with E-state index in [4.69, 9.17) is 9.47 Å². The zero-order chi connectivity index (χ0) is 30.0. The van der Waals surface area contributed by atoms with Crippen molar-refractivity contribution in [2.75, 3.05) is 50.6 Å². The molecular weight excluding hydrogens is 536 g/mol. The Labute approximate surface area is 249 Å². The van der Waals surface area contributed by atoms with E-state index >= 15 is 0 Å². The van der Waals surface area contributed by atoms with E-state index < -0.39 is 0 Å². The number of carbonyl (C=O) groups is 1. The fourth-order valence-corrected chi connectivity index (χ4v) is 4.74. The van der Waals surface area contributed by atoms with Gasteiger partial charge in [-0.1, -0.05) is 38.8 Å². The van der Waals surface area contributed by atoms with Gasteiger partial charge in [0.15, 0.2) is 5.75 Å². The van der Waals surface area contributed by atoms with E-state index in [-0.39, 0.29) is 11.3 Å². The maximum absolute atomic E-state index is 13.4. The Morgan fingerprint density at radius 2 is 1.76 bits per heavy atom. The molecular formula is C31H44N6O3S. The van der Waals surface area contributed by atoms with Crippen LogP contribution in [0.1, 0.15) is 60.9 Å². The van der Waals surface area contributed by atoms with Crippen LogP contribution in [0.5, 0.6) is 17.4 Å². The molecule has 0 bridgehead atoms. The summed E-state index contributed by atoms with van der Waals surface area (Å²) < 4.78 is 15.1. The molecule has 0 saturated carbocycles. The number of likely N-dealkylation sites (tertiary alicyclic amines) is 1. The van der Waals surface area contributed by atoms with Gasteiger partial charge in [-0.2, -0.15) is 4.98 Å². The third kappa shape index (κ3) is 9.08. The van der Waals surface area contributed by atoms with Gasteiger partial charge in [-0.3, -0.25) is 9.69 Å². The molecule has 1 amide bonds. The Kier molecular flexibility index (Phi) is 11.8. The van der Waals surface area contributed by atoms with Gasteiger partial charge in [0.05, 0.1) is 25.0 Å². The van der Waals surface area contributed by atoms with Gasteiger partial charge in [0.1, 0.15) is 11.6 Å². The summed E-state index contributed by atoms with van der Waals surface area (Å²) in [7, 11) is 5.35. The van der Waals surface area contributed by atoms with Crippen molar-refractivity contribution in [3.63, 3.8) is 0 Å². The molecule has 0 aliphatic carbocycles. The lowest BCUT2D eigenvalue weighted by atomic mass is 9.86. The number of amides is 1. The van der Waals surface area contributed by atoms with Crippen LogP contribution in [0, 0.1) is 6.92 Å². The van der Waals surface area contributed by atoms with Gasteiger partial charge in [0.2, 0.25) is 5.88 Å². The third-order valence-electron chi connectivity index (χ3n) is 6.53. The highest BCUT2D eigenvalue weighted by Crippen LogP contribution is 2.40. The minimum atomic E-state index is -0.258. The van der Waals surface area contributed by atoms with E-state index in [0.29, 0.717) is 35.2 Å². The predicted octanol–water partition coefficient (Wildman–Crippen LogP) is 6.26. The van der Waals surface area contributed by atoms with Crippen molar-refractivity contribution in [3.05, 3.63) is 65.1 Å². The van der Waals surface area contributed by atoms with E-state index in [0.717, 1.165) is 35.7 Å². The van der Waals surface area contributed by atoms with Crippen LogP contribution in [0.4, 0.5) is 11.4 Å². The largest absolute Gasteiger partial charge is 0.492 e. The van der Waals surface area contributed by atoms with E-state index in [9.17, 15) is 4.79 Å². The number of methoxy groups -OCH3 is 1. The molecule has 0 unspecified atom stereocenters. The number of aromatic nitrogens is 2. The van der Waals surface area contributed by atoms with Crippen LogP contribution in [0.3, 0.4) is 0 Å². The maximum Gasteiger partial charge on any atom is 0.255 e. The number of rotatable bonds is 9. The van der Waals surface area contributed by atoms with Gasteiger partial charge >= 0.3 is 0 Å². The average molecular weight is 581 g/mol. The lowest BCUT2D eigenvalue weighted by Crippen LogP contribution is -2.20. The van der Waals surface area contributed by atoms with Crippen LogP contribution in [0.2, 0.25) is 0 Å². The van der Waals surface area contributed by atoms with Crippen LogP contribution in [0.15, 0.2) is 42.6 Å². The first kappa shape index (κ1) is 32.2. The van der Waals surface area contributed by atoms with Crippen LogP contribution < -0.4 is 24.8 Å². The van der Waals surface area contributed by atoms with E-state index in [1.807, 2.05) is 39.4 Å². The second-order valence-corrected chi connectivity index (χ2v) is 11.6. The Bertz CT molecular complexity index is 1310. The molecule has 9 nitrogen and oxygen atoms in total. The minimum absolute atomic E-state index is 0.114. The van der Waals surface area contributed by atoms with E-state index in [1.54, 1.807) is 31.5 Å². The molecule has 2 heterocycles. The number of hydrogen-bond acceptors (Lipinski definition) is 9. The quantitative estimate of drug-likeness (QED) is 0.253. The zero-order valence-corrected chi connectivity index (χ0v) is 26.4. The molecule has 4 rings (SSSR count). The van der Waals surface area contributed by atoms with Crippen molar-refractivity contribution in [2.24, 2.45) is 0 Å². The summed E-state index contributed by atoms with van der Waals surface area (Å²) in [6.45, 7) is 11.2. The highest BCUT2D eigenvalue weighted by Gasteiger charge is 2.22. The van der Waals surface area contributed by atoms with Crippen LogP contribution in [0.25, 0.3) is 0 Å². The van der Waals surface area contributed by atoms with Crippen LogP contribution >= 0.6 is 11.9 Å². The molecule has 1 fully saturated rings. The van der Waals surface area contributed by atoms with Gasteiger partial charge in [-0.15, -0.1) is 0 Å². The molecule has 0 radical (unpaired) electrons. The molecule has 3 N–H and O–H groups in total. The fourth-order valence-electron chi connectivity index (χ4n) is 4.37. The summed E-state index contributed by atoms with van der Waals surface area (Å²) >= 11 is 1.47. The first-order valence-corrected chi connectivity index (χ1v) is 15.1. The normalized spacial score (nSPS) is 13.3. The molecule has 1 aliphatic heterocycles. The molecule has 222 valence electrons. The Balaban J connectivity index is 0.00000147. The maximum atomic E-state index is 13.4. The monoisotopic (exact) mass is 580 g/mol. The molecule has 0 spiro atoms. The highest BCUT2D eigenvalue weighted by molar-refractivity contribution is 7.99. The van der Waals surface area contributed by atoms with Crippen molar-refractivity contribution >= 4 is 29.2 Å². The summed E-state index contributed by atoms with van der Waals surface area (Å²) in [5.74, 6) is 2.09. The summed E-state index contributed by atoms with van der Waals surface area (Å²) in [5, 5.41) is 5.80. The number of aryl methyl sites for hydroxylation is 1. The second-order valence-electron chi connectivity index (χ2n) is 11.0. The smallest absolute Gasteiger partial charge is 0.255 e. The van der Waals surface area contributed by atoms with Crippen molar-refractivity contribution < 1.29 is 14.3 Å². The molecule has 3 aromatic rings. The second kappa shape index (κ2) is 15.0. The Morgan fingerprint density at radius 3 is 2.39 bits per heavy atom. The average Bonchev–Trinajstić information content (AvgIpc) is 3.43. The SMILES string of the molecule is CNC.COc1c(NSC)cc(C(C)(C)C)cc1NC(=O)c1ccc(C)c(Oc2ccnc(CN3CCCC3)n2)c1. The summed E-state index contributed by atoms with van der Waals surface area (Å²) in [5.41, 5.74) is 3.75. The number of carbonyl (C=O) groups excluding carboxylic acids is 1.